The molecule has 0 amide bonds. The molecule has 0 aromatic heterocycles. The third-order valence-corrected chi connectivity index (χ3v) is 3.93. The summed E-state index contributed by atoms with van der Waals surface area (Å²) in [5.41, 5.74) is 7.99. The molecule has 1 saturated heterocycles. The first-order valence-electron chi connectivity index (χ1n) is 6.80. The number of hydrogen-bond donors (Lipinski definition) is 1. The van der Waals surface area contributed by atoms with E-state index in [9.17, 15) is 4.39 Å². The van der Waals surface area contributed by atoms with E-state index in [4.69, 9.17) is 5.73 Å². The van der Waals surface area contributed by atoms with Crippen molar-refractivity contribution in [3.8, 4) is 0 Å². The molecule has 3 atom stereocenters. The van der Waals surface area contributed by atoms with E-state index in [-0.39, 0.29) is 11.9 Å². The monoisotopic (exact) mass is 250 g/mol. The summed E-state index contributed by atoms with van der Waals surface area (Å²) in [6.07, 6.45) is 2.38. The topological polar surface area (TPSA) is 29.3 Å². The van der Waals surface area contributed by atoms with Gasteiger partial charge in [0, 0.05) is 24.3 Å². The predicted molar refractivity (Wildman–Crippen MR) is 74.2 cm³/mol. The van der Waals surface area contributed by atoms with Crippen molar-refractivity contribution in [2.45, 2.75) is 45.7 Å². The number of rotatable bonds is 2. The van der Waals surface area contributed by atoms with Crippen molar-refractivity contribution in [3.05, 3.63) is 29.6 Å². The molecule has 0 spiro atoms. The van der Waals surface area contributed by atoms with Crippen LogP contribution in [-0.2, 0) is 0 Å². The first-order valence-corrected chi connectivity index (χ1v) is 6.80. The molecule has 1 aliphatic heterocycles. The summed E-state index contributed by atoms with van der Waals surface area (Å²) in [5.74, 6) is 0.569. The SMILES string of the molecule is CC1CCN(c2ccc(F)cc2[C@H](C)N)C(C)C1. The van der Waals surface area contributed by atoms with Crippen LogP contribution in [0.5, 0.6) is 0 Å². The molecule has 2 unspecified atom stereocenters. The van der Waals surface area contributed by atoms with Gasteiger partial charge in [0.2, 0.25) is 0 Å². The third kappa shape index (κ3) is 2.66. The fourth-order valence-corrected chi connectivity index (χ4v) is 2.92. The van der Waals surface area contributed by atoms with E-state index in [1.807, 2.05) is 13.0 Å². The van der Waals surface area contributed by atoms with Gasteiger partial charge in [0.1, 0.15) is 5.82 Å². The van der Waals surface area contributed by atoms with Crippen LogP contribution in [0.15, 0.2) is 18.2 Å². The van der Waals surface area contributed by atoms with Gasteiger partial charge >= 0.3 is 0 Å². The molecule has 2 N–H and O–H groups in total. The van der Waals surface area contributed by atoms with Crippen molar-refractivity contribution < 1.29 is 4.39 Å². The summed E-state index contributed by atoms with van der Waals surface area (Å²) in [4.78, 5) is 2.37. The van der Waals surface area contributed by atoms with Crippen LogP contribution in [0.25, 0.3) is 0 Å². The van der Waals surface area contributed by atoms with Crippen LogP contribution >= 0.6 is 0 Å². The highest BCUT2D eigenvalue weighted by molar-refractivity contribution is 5.56. The second-order valence-electron chi connectivity index (χ2n) is 5.66. The molecule has 2 rings (SSSR count). The maximum Gasteiger partial charge on any atom is 0.123 e. The number of nitrogens with zero attached hydrogens (tertiary/aromatic N) is 1. The van der Waals surface area contributed by atoms with Gasteiger partial charge in [-0.2, -0.15) is 0 Å². The average molecular weight is 250 g/mol. The first-order chi connectivity index (χ1) is 8.49. The van der Waals surface area contributed by atoms with Crippen LogP contribution in [0.3, 0.4) is 0 Å². The Bertz CT molecular complexity index is 417. The van der Waals surface area contributed by atoms with Gasteiger partial charge in [-0.15, -0.1) is 0 Å². The summed E-state index contributed by atoms with van der Waals surface area (Å²) < 4.78 is 13.4. The molecule has 2 nitrogen and oxygen atoms in total. The molecule has 0 radical (unpaired) electrons. The number of halogens is 1. The predicted octanol–water partition coefficient (Wildman–Crippen LogP) is 3.47. The minimum Gasteiger partial charge on any atom is -0.369 e. The van der Waals surface area contributed by atoms with Gasteiger partial charge in [-0.25, -0.2) is 4.39 Å². The Morgan fingerprint density at radius 1 is 1.39 bits per heavy atom. The maximum atomic E-state index is 13.4. The van der Waals surface area contributed by atoms with E-state index < -0.39 is 0 Å². The van der Waals surface area contributed by atoms with E-state index in [2.05, 4.69) is 18.7 Å². The summed E-state index contributed by atoms with van der Waals surface area (Å²) in [5, 5.41) is 0. The average Bonchev–Trinajstić information content (AvgIpc) is 2.29. The number of piperidine rings is 1. The van der Waals surface area contributed by atoms with E-state index in [0.717, 1.165) is 23.7 Å². The Morgan fingerprint density at radius 3 is 2.72 bits per heavy atom. The van der Waals surface area contributed by atoms with Gasteiger partial charge in [0.25, 0.3) is 0 Å². The van der Waals surface area contributed by atoms with Crippen molar-refractivity contribution >= 4 is 5.69 Å². The van der Waals surface area contributed by atoms with Crippen LogP contribution < -0.4 is 10.6 Å². The van der Waals surface area contributed by atoms with Gasteiger partial charge < -0.3 is 10.6 Å². The molecule has 100 valence electrons. The zero-order valence-electron chi connectivity index (χ0n) is 11.5. The van der Waals surface area contributed by atoms with Crippen LogP contribution in [0.2, 0.25) is 0 Å². The van der Waals surface area contributed by atoms with Crippen molar-refractivity contribution in [3.63, 3.8) is 0 Å². The zero-order valence-corrected chi connectivity index (χ0v) is 11.5. The Hall–Kier alpha value is -1.09. The highest BCUT2D eigenvalue weighted by Crippen LogP contribution is 2.32. The largest absolute Gasteiger partial charge is 0.369 e. The minimum atomic E-state index is -0.205. The molecule has 1 aromatic rings. The smallest absolute Gasteiger partial charge is 0.123 e. The number of benzene rings is 1. The number of hydrogen-bond acceptors (Lipinski definition) is 2. The van der Waals surface area contributed by atoms with Crippen LogP contribution in [0, 0.1) is 11.7 Å². The van der Waals surface area contributed by atoms with Crippen molar-refractivity contribution in [2.24, 2.45) is 11.7 Å². The van der Waals surface area contributed by atoms with E-state index in [1.54, 1.807) is 6.07 Å². The number of nitrogens with two attached hydrogens (primary N) is 1. The molecule has 1 aliphatic rings. The van der Waals surface area contributed by atoms with Crippen molar-refractivity contribution in [1.82, 2.24) is 0 Å². The summed E-state index contributed by atoms with van der Waals surface area (Å²) in [6.45, 7) is 7.48. The second kappa shape index (κ2) is 5.27. The lowest BCUT2D eigenvalue weighted by atomic mass is 9.92. The minimum absolute atomic E-state index is 0.137. The van der Waals surface area contributed by atoms with Crippen LogP contribution in [0.4, 0.5) is 10.1 Å². The Balaban J connectivity index is 2.32. The van der Waals surface area contributed by atoms with Crippen molar-refractivity contribution in [2.75, 3.05) is 11.4 Å². The Morgan fingerprint density at radius 2 is 2.11 bits per heavy atom. The highest BCUT2D eigenvalue weighted by Gasteiger charge is 2.25. The standard InChI is InChI=1S/C15H23FN2/c1-10-6-7-18(11(2)8-10)15-5-4-13(16)9-14(15)12(3)17/h4-5,9-12H,6-8,17H2,1-3H3/t10?,11?,12-/m0/s1. The molecule has 1 heterocycles. The molecule has 1 aromatic carbocycles. The second-order valence-corrected chi connectivity index (χ2v) is 5.66. The fourth-order valence-electron chi connectivity index (χ4n) is 2.92. The van der Waals surface area contributed by atoms with Gasteiger partial charge in [0.15, 0.2) is 0 Å². The molecule has 1 fully saturated rings. The summed E-state index contributed by atoms with van der Waals surface area (Å²) in [7, 11) is 0. The molecule has 0 saturated carbocycles. The van der Waals surface area contributed by atoms with Gasteiger partial charge in [-0.1, -0.05) is 6.92 Å². The lowest BCUT2D eigenvalue weighted by molar-refractivity contribution is 0.377. The summed E-state index contributed by atoms with van der Waals surface area (Å²) >= 11 is 0. The lowest BCUT2D eigenvalue weighted by Crippen LogP contribution is -2.41. The van der Waals surface area contributed by atoms with Gasteiger partial charge in [0.05, 0.1) is 0 Å². The van der Waals surface area contributed by atoms with Gasteiger partial charge in [-0.3, -0.25) is 0 Å². The molecule has 0 aliphatic carbocycles. The molecule has 18 heavy (non-hydrogen) atoms. The Kier molecular flexibility index (Phi) is 3.91. The van der Waals surface area contributed by atoms with E-state index in [0.29, 0.717) is 6.04 Å². The van der Waals surface area contributed by atoms with Gasteiger partial charge in [-0.05, 0) is 56.4 Å². The highest BCUT2D eigenvalue weighted by atomic mass is 19.1. The van der Waals surface area contributed by atoms with E-state index >= 15 is 0 Å². The van der Waals surface area contributed by atoms with Crippen LogP contribution in [-0.4, -0.2) is 12.6 Å². The quantitative estimate of drug-likeness (QED) is 0.871. The maximum absolute atomic E-state index is 13.4. The van der Waals surface area contributed by atoms with Crippen molar-refractivity contribution in [1.29, 1.82) is 0 Å². The molecule has 0 bridgehead atoms. The first kappa shape index (κ1) is 13.3. The fraction of sp³-hybridized carbons (Fsp3) is 0.600. The molecular weight excluding hydrogens is 227 g/mol. The summed E-state index contributed by atoms with van der Waals surface area (Å²) in [6, 6.07) is 5.34. The zero-order chi connectivity index (χ0) is 13.3. The molecular formula is C15H23FN2. The van der Waals surface area contributed by atoms with Crippen LogP contribution in [0.1, 0.15) is 45.2 Å². The normalized spacial score (nSPS) is 26.2. The van der Waals surface area contributed by atoms with E-state index in [1.165, 1.54) is 18.9 Å². The molecule has 3 heteroatoms. The Labute approximate surface area is 109 Å². The third-order valence-electron chi connectivity index (χ3n) is 3.93. The lowest BCUT2D eigenvalue weighted by Gasteiger charge is -2.39. The number of anilines is 1.